The van der Waals surface area contributed by atoms with Crippen LogP contribution >= 0.6 is 0 Å². The van der Waals surface area contributed by atoms with Crippen LogP contribution < -0.4 is 10.2 Å². The van der Waals surface area contributed by atoms with Crippen LogP contribution in [0.25, 0.3) is 0 Å². The third-order valence-corrected chi connectivity index (χ3v) is 8.33. The first-order valence-electron chi connectivity index (χ1n) is 10.9. The summed E-state index contributed by atoms with van der Waals surface area (Å²) >= 11 is 0. The molecule has 2 unspecified atom stereocenters. The van der Waals surface area contributed by atoms with Crippen molar-refractivity contribution in [3.63, 3.8) is 0 Å². The molecule has 1 N–H and O–H groups in total. The summed E-state index contributed by atoms with van der Waals surface area (Å²) in [5.41, 5.74) is 0.193. The molecule has 0 radical (unpaired) electrons. The Balaban J connectivity index is 1.60. The number of benzene rings is 1. The lowest BCUT2D eigenvalue weighted by Gasteiger charge is -2.38. The Bertz CT molecular complexity index is 969. The number of nitro benzene ring substituents is 1. The normalized spacial score (nSPS) is 25.5. The van der Waals surface area contributed by atoms with Gasteiger partial charge in [0.25, 0.3) is 5.69 Å². The van der Waals surface area contributed by atoms with Crippen molar-refractivity contribution in [1.29, 1.82) is 0 Å². The maximum Gasteiger partial charge on any atom is 0.317 e. The third kappa shape index (κ3) is 4.33. The summed E-state index contributed by atoms with van der Waals surface area (Å²) in [6.07, 6.45) is 3.42. The maximum absolute atomic E-state index is 13.1. The summed E-state index contributed by atoms with van der Waals surface area (Å²) in [6, 6.07) is 4.09. The zero-order valence-corrected chi connectivity index (χ0v) is 18.5. The number of sulfonamides is 1. The van der Waals surface area contributed by atoms with E-state index in [1.807, 2.05) is 11.8 Å². The maximum atomic E-state index is 13.1. The molecule has 3 saturated heterocycles. The van der Waals surface area contributed by atoms with Gasteiger partial charge in [0.15, 0.2) is 0 Å². The minimum atomic E-state index is -3.78. The van der Waals surface area contributed by atoms with Crippen molar-refractivity contribution in [3.8, 4) is 0 Å². The van der Waals surface area contributed by atoms with Crippen molar-refractivity contribution in [2.24, 2.45) is 5.92 Å². The minimum Gasteiger partial charge on any atom is -0.364 e. The van der Waals surface area contributed by atoms with Crippen LogP contribution in [0, 0.1) is 16.0 Å². The van der Waals surface area contributed by atoms with E-state index in [0.717, 1.165) is 25.7 Å². The Morgan fingerprint density at radius 2 is 1.90 bits per heavy atom. The molecule has 1 aromatic rings. The smallest absolute Gasteiger partial charge is 0.317 e. The van der Waals surface area contributed by atoms with Crippen LogP contribution in [-0.2, 0) is 10.0 Å². The Labute approximate surface area is 182 Å². The van der Waals surface area contributed by atoms with E-state index in [9.17, 15) is 23.3 Å². The molecule has 0 saturated carbocycles. The van der Waals surface area contributed by atoms with Crippen molar-refractivity contribution >= 4 is 27.4 Å². The molecular weight excluding hydrogens is 422 g/mol. The van der Waals surface area contributed by atoms with Gasteiger partial charge < -0.3 is 15.1 Å². The second kappa shape index (κ2) is 8.62. The topological polar surface area (TPSA) is 116 Å². The van der Waals surface area contributed by atoms with Gasteiger partial charge in [-0.2, -0.15) is 4.31 Å². The summed E-state index contributed by atoms with van der Waals surface area (Å²) in [6.45, 7) is 5.24. The van der Waals surface area contributed by atoms with E-state index in [-0.39, 0.29) is 28.6 Å². The molecule has 3 heterocycles. The van der Waals surface area contributed by atoms with Crippen LogP contribution in [0.5, 0.6) is 0 Å². The first-order valence-corrected chi connectivity index (χ1v) is 12.3. The summed E-state index contributed by atoms with van der Waals surface area (Å²) in [4.78, 5) is 27.0. The van der Waals surface area contributed by atoms with E-state index in [1.54, 1.807) is 11.0 Å². The Kier molecular flexibility index (Phi) is 6.07. The number of urea groups is 1. The van der Waals surface area contributed by atoms with Crippen molar-refractivity contribution in [2.45, 2.75) is 43.5 Å². The average molecular weight is 452 g/mol. The Morgan fingerprint density at radius 1 is 1.13 bits per heavy atom. The second-order valence-corrected chi connectivity index (χ2v) is 10.6. The Morgan fingerprint density at radius 3 is 2.58 bits per heavy atom. The van der Waals surface area contributed by atoms with Gasteiger partial charge in [-0.1, -0.05) is 6.92 Å². The van der Waals surface area contributed by atoms with Crippen LogP contribution in [0.2, 0.25) is 0 Å². The number of nitrogens with zero attached hydrogens (tertiary/aromatic N) is 4. The number of anilines is 1. The molecule has 0 bridgehead atoms. The fourth-order valence-corrected chi connectivity index (χ4v) is 6.47. The SMILES string of the molecule is CC1CCCN(S(=O)(=O)c2ccc(N3CCCC(N4CCNC4=O)C3)c([N+](=O)[O-])c2)C1. The molecule has 3 aliphatic rings. The molecular formula is C20H29N5O5S. The first kappa shape index (κ1) is 21.8. The number of nitro groups is 1. The zero-order chi connectivity index (χ0) is 22.2. The van der Waals surface area contributed by atoms with Gasteiger partial charge in [-0.25, -0.2) is 13.2 Å². The quantitative estimate of drug-likeness (QED) is 0.541. The number of amides is 2. The Hall–Kier alpha value is -2.40. The highest BCUT2D eigenvalue weighted by molar-refractivity contribution is 7.89. The average Bonchev–Trinajstić information content (AvgIpc) is 3.19. The van der Waals surface area contributed by atoms with Gasteiger partial charge in [0.1, 0.15) is 5.69 Å². The summed E-state index contributed by atoms with van der Waals surface area (Å²) < 4.78 is 27.6. The van der Waals surface area contributed by atoms with E-state index in [2.05, 4.69) is 5.32 Å². The third-order valence-electron chi connectivity index (χ3n) is 6.47. The van der Waals surface area contributed by atoms with Gasteiger partial charge in [-0.05, 0) is 43.7 Å². The molecule has 11 heteroatoms. The lowest BCUT2D eigenvalue weighted by atomic mass is 10.0. The molecule has 4 rings (SSSR count). The molecule has 3 aliphatic heterocycles. The van der Waals surface area contributed by atoms with Crippen LogP contribution in [0.1, 0.15) is 32.6 Å². The standard InChI is InChI=1S/C20H29N5O5S/c1-15-4-2-10-23(13-15)31(29,30)17-6-7-18(19(12-17)25(27)28)22-9-3-5-16(14-22)24-11-8-21-20(24)26/h6-7,12,15-16H,2-5,8-11,13-14H2,1H3,(H,21,26). The summed E-state index contributed by atoms with van der Waals surface area (Å²) in [7, 11) is -3.78. The summed E-state index contributed by atoms with van der Waals surface area (Å²) in [5.74, 6) is 0.269. The highest BCUT2D eigenvalue weighted by Gasteiger charge is 2.35. The predicted molar refractivity (Wildman–Crippen MR) is 116 cm³/mol. The van der Waals surface area contributed by atoms with E-state index < -0.39 is 14.9 Å². The van der Waals surface area contributed by atoms with Crippen LogP contribution in [0.15, 0.2) is 23.1 Å². The van der Waals surface area contributed by atoms with Crippen LogP contribution in [0.4, 0.5) is 16.2 Å². The van der Waals surface area contributed by atoms with Gasteiger partial charge in [-0.15, -0.1) is 0 Å². The van der Waals surface area contributed by atoms with Gasteiger partial charge >= 0.3 is 6.03 Å². The van der Waals surface area contributed by atoms with Crippen LogP contribution in [-0.4, -0.2) is 73.9 Å². The van der Waals surface area contributed by atoms with Crippen molar-refractivity contribution in [3.05, 3.63) is 28.3 Å². The fraction of sp³-hybridized carbons (Fsp3) is 0.650. The predicted octanol–water partition coefficient (Wildman–Crippen LogP) is 2.01. The molecule has 10 nitrogen and oxygen atoms in total. The molecule has 1 aromatic carbocycles. The van der Waals surface area contributed by atoms with E-state index in [0.29, 0.717) is 45.0 Å². The van der Waals surface area contributed by atoms with E-state index in [4.69, 9.17) is 0 Å². The highest BCUT2D eigenvalue weighted by atomic mass is 32.2. The molecule has 2 atom stereocenters. The largest absolute Gasteiger partial charge is 0.364 e. The lowest BCUT2D eigenvalue weighted by Crippen LogP contribution is -2.49. The van der Waals surface area contributed by atoms with Crippen molar-refractivity contribution in [2.75, 3.05) is 44.2 Å². The van der Waals surface area contributed by atoms with Crippen LogP contribution in [0.3, 0.4) is 0 Å². The number of piperidine rings is 2. The second-order valence-electron chi connectivity index (χ2n) is 8.69. The molecule has 0 aliphatic carbocycles. The first-order chi connectivity index (χ1) is 14.8. The number of nitrogens with one attached hydrogen (secondary N) is 1. The molecule has 3 fully saturated rings. The molecule has 0 spiro atoms. The molecule has 2 amide bonds. The monoisotopic (exact) mass is 451 g/mol. The number of hydrogen-bond donors (Lipinski definition) is 1. The van der Waals surface area contributed by atoms with Crippen molar-refractivity contribution < 1.29 is 18.1 Å². The zero-order valence-electron chi connectivity index (χ0n) is 17.7. The van der Waals surface area contributed by atoms with Gasteiger partial charge in [0, 0.05) is 45.3 Å². The van der Waals surface area contributed by atoms with Crippen molar-refractivity contribution in [1.82, 2.24) is 14.5 Å². The highest BCUT2D eigenvalue weighted by Crippen LogP contribution is 2.35. The van der Waals surface area contributed by atoms with E-state index >= 15 is 0 Å². The number of rotatable bonds is 5. The van der Waals surface area contributed by atoms with E-state index in [1.165, 1.54) is 16.4 Å². The van der Waals surface area contributed by atoms with Gasteiger partial charge in [0.05, 0.1) is 15.9 Å². The van der Waals surface area contributed by atoms with Gasteiger partial charge in [-0.3, -0.25) is 10.1 Å². The molecule has 31 heavy (non-hydrogen) atoms. The molecule has 0 aromatic heterocycles. The fourth-order valence-electron chi connectivity index (χ4n) is 4.85. The number of hydrogen-bond acceptors (Lipinski definition) is 6. The minimum absolute atomic E-state index is 0.0194. The summed E-state index contributed by atoms with van der Waals surface area (Å²) in [5, 5.41) is 14.7. The number of carbonyl (C=O) groups excluding carboxylic acids is 1. The van der Waals surface area contributed by atoms with Gasteiger partial charge in [0.2, 0.25) is 10.0 Å². The number of carbonyl (C=O) groups is 1. The molecule has 170 valence electrons. The lowest BCUT2D eigenvalue weighted by molar-refractivity contribution is -0.384.